The van der Waals surface area contributed by atoms with Crippen LogP contribution in [-0.2, 0) is 4.79 Å². The van der Waals surface area contributed by atoms with Crippen LogP contribution in [0.25, 0.3) is 0 Å². The second-order valence-electron chi connectivity index (χ2n) is 8.19. The van der Waals surface area contributed by atoms with Crippen molar-refractivity contribution in [2.24, 2.45) is 5.41 Å². The summed E-state index contributed by atoms with van der Waals surface area (Å²) in [4.78, 5) is 13.2. The van der Waals surface area contributed by atoms with E-state index in [1.54, 1.807) is 0 Å². The lowest BCUT2D eigenvalue weighted by Crippen LogP contribution is -3.00. The summed E-state index contributed by atoms with van der Waals surface area (Å²) in [6, 6.07) is 0.711. The summed E-state index contributed by atoms with van der Waals surface area (Å²) in [6.45, 7) is 9.38. The van der Waals surface area contributed by atoms with Gasteiger partial charge in [-0.05, 0) is 46.0 Å². The third-order valence-electron chi connectivity index (χ3n) is 6.47. The van der Waals surface area contributed by atoms with Gasteiger partial charge in [0.25, 0.3) is 0 Å². The number of allylic oxidation sites excluding steroid dienone is 4. The van der Waals surface area contributed by atoms with Crippen LogP contribution >= 0.6 is 0 Å². The molecule has 0 aromatic heterocycles. The molecule has 0 spiro atoms. The summed E-state index contributed by atoms with van der Waals surface area (Å²) in [5.41, 5.74) is 0.998. The number of Topliss-reactive ketones (excluding diaryl/α,β-unsaturated/α-hetero) is 1. The summed E-state index contributed by atoms with van der Waals surface area (Å²) < 4.78 is 1.05. The largest absolute Gasteiger partial charge is 1.00 e. The van der Waals surface area contributed by atoms with E-state index in [-0.39, 0.29) is 22.4 Å². The molecule has 0 radical (unpaired) electrons. The molecule has 0 aromatic carbocycles. The van der Waals surface area contributed by atoms with E-state index in [4.69, 9.17) is 0 Å². The lowest BCUT2D eigenvalue weighted by molar-refractivity contribution is -0.947. The number of nitrogens with zero attached hydrogens (tertiary/aromatic N) is 1. The van der Waals surface area contributed by atoms with Crippen molar-refractivity contribution in [1.29, 1.82) is 0 Å². The highest BCUT2D eigenvalue weighted by Crippen LogP contribution is 2.34. The molecule has 3 rings (SSSR count). The van der Waals surface area contributed by atoms with Gasteiger partial charge in [0, 0.05) is 13.1 Å². The van der Waals surface area contributed by atoms with Crippen molar-refractivity contribution in [1.82, 2.24) is 5.32 Å². The zero-order valence-corrected chi connectivity index (χ0v) is 16.9. The number of hydrogen-bond donors (Lipinski definition) is 1. The van der Waals surface area contributed by atoms with Crippen LogP contribution in [0.4, 0.5) is 0 Å². The maximum Gasteiger partial charge on any atom is 0.196 e. The minimum Gasteiger partial charge on any atom is -1.00 e. The zero-order valence-electron chi connectivity index (χ0n) is 15.3. The van der Waals surface area contributed by atoms with Crippen LogP contribution in [-0.4, -0.2) is 49.0 Å². The van der Waals surface area contributed by atoms with Crippen molar-refractivity contribution >= 4 is 5.78 Å². The van der Waals surface area contributed by atoms with Gasteiger partial charge in [-0.15, -0.1) is 0 Å². The Morgan fingerprint density at radius 1 is 1.25 bits per heavy atom. The van der Waals surface area contributed by atoms with Gasteiger partial charge in [0.15, 0.2) is 5.78 Å². The molecule has 0 aromatic rings. The Hall–Kier alpha value is -0.450. The van der Waals surface area contributed by atoms with Crippen molar-refractivity contribution < 1.29 is 26.3 Å². The fourth-order valence-corrected chi connectivity index (χ4v) is 4.62. The number of carbonyl (C=O) groups is 1. The van der Waals surface area contributed by atoms with Gasteiger partial charge in [0.1, 0.15) is 6.54 Å². The first-order valence-electron chi connectivity index (χ1n) is 9.50. The highest BCUT2D eigenvalue weighted by atomic mass is 79.9. The second-order valence-corrected chi connectivity index (χ2v) is 8.19. The molecule has 2 aliphatic carbocycles. The summed E-state index contributed by atoms with van der Waals surface area (Å²) in [7, 11) is 0. The molecule has 1 saturated carbocycles. The van der Waals surface area contributed by atoms with Gasteiger partial charge < -0.3 is 26.8 Å². The quantitative estimate of drug-likeness (QED) is 0.688. The van der Waals surface area contributed by atoms with Gasteiger partial charge in [-0.3, -0.25) is 4.79 Å². The Kier molecular flexibility index (Phi) is 6.86. The van der Waals surface area contributed by atoms with E-state index in [1.807, 2.05) is 0 Å². The summed E-state index contributed by atoms with van der Waals surface area (Å²) in [6.07, 6.45) is 14.1. The van der Waals surface area contributed by atoms with Gasteiger partial charge in [0.2, 0.25) is 0 Å². The summed E-state index contributed by atoms with van der Waals surface area (Å²) in [5.74, 6) is 0.449. The molecule has 0 amide bonds. The first-order valence-corrected chi connectivity index (χ1v) is 9.50. The molecule has 1 unspecified atom stereocenters. The molecule has 4 heteroatoms. The standard InChI is InChI=1S/C20H33N2O.BrH/c1-17-8-10-20(2,11-9-17)19(23)16-22(14-12-21-13-15-22)18-6-4-3-5-7-18;/h8-10,18,21H,3-7,11-16H2,1-2H3;1H/q+1;/p-1. The topological polar surface area (TPSA) is 29.1 Å². The second kappa shape index (κ2) is 8.29. The van der Waals surface area contributed by atoms with E-state index in [1.165, 1.54) is 37.7 Å². The summed E-state index contributed by atoms with van der Waals surface area (Å²) in [5, 5.41) is 3.50. The number of quaternary nitrogens is 1. The highest BCUT2D eigenvalue weighted by Gasteiger charge is 2.44. The van der Waals surface area contributed by atoms with Crippen molar-refractivity contribution in [2.45, 2.75) is 58.4 Å². The number of hydrogen-bond acceptors (Lipinski definition) is 2. The predicted molar refractivity (Wildman–Crippen MR) is 95.2 cm³/mol. The first-order chi connectivity index (χ1) is 11.0. The molecule has 1 N–H and O–H groups in total. The van der Waals surface area contributed by atoms with E-state index in [9.17, 15) is 4.79 Å². The van der Waals surface area contributed by atoms with Gasteiger partial charge in [-0.1, -0.05) is 30.2 Å². The molecule has 2 fully saturated rings. The van der Waals surface area contributed by atoms with Crippen LogP contribution in [0.15, 0.2) is 23.8 Å². The zero-order chi connectivity index (χ0) is 16.3. The van der Waals surface area contributed by atoms with E-state index in [2.05, 4.69) is 37.4 Å². The van der Waals surface area contributed by atoms with Crippen molar-refractivity contribution in [3.05, 3.63) is 23.8 Å². The van der Waals surface area contributed by atoms with Crippen molar-refractivity contribution in [3.8, 4) is 0 Å². The van der Waals surface area contributed by atoms with Gasteiger partial charge in [-0.2, -0.15) is 0 Å². The third-order valence-corrected chi connectivity index (χ3v) is 6.47. The molecule has 3 nitrogen and oxygen atoms in total. The first kappa shape index (κ1) is 19.9. The minimum atomic E-state index is -0.287. The average molecular weight is 397 g/mol. The van der Waals surface area contributed by atoms with Crippen LogP contribution in [0.1, 0.15) is 52.4 Å². The van der Waals surface area contributed by atoms with Gasteiger partial charge in [-0.25, -0.2) is 0 Å². The Balaban J connectivity index is 0.00000208. The molecule has 136 valence electrons. The van der Waals surface area contributed by atoms with E-state index in [0.29, 0.717) is 11.8 Å². The minimum absolute atomic E-state index is 0. The predicted octanol–water partition coefficient (Wildman–Crippen LogP) is 0.225. The smallest absolute Gasteiger partial charge is 0.196 e. The average Bonchev–Trinajstić information content (AvgIpc) is 2.59. The molecule has 24 heavy (non-hydrogen) atoms. The Labute approximate surface area is 157 Å². The Morgan fingerprint density at radius 2 is 1.92 bits per heavy atom. The van der Waals surface area contributed by atoms with Crippen molar-refractivity contribution in [2.75, 3.05) is 32.7 Å². The third kappa shape index (κ3) is 4.20. The number of rotatable bonds is 4. The number of piperazine rings is 1. The lowest BCUT2D eigenvalue weighted by Gasteiger charge is -2.49. The number of carbonyl (C=O) groups excluding carboxylic acids is 1. The lowest BCUT2D eigenvalue weighted by atomic mass is 9.77. The SMILES string of the molecule is CC1=CCC(C)(C(=O)C[N+]2(C3CCCCC3)CCNCC2)C=C1.[Br-]. The number of halogens is 1. The van der Waals surface area contributed by atoms with Gasteiger partial charge >= 0.3 is 0 Å². The van der Waals surface area contributed by atoms with E-state index >= 15 is 0 Å². The normalized spacial score (nSPS) is 30.3. The monoisotopic (exact) mass is 396 g/mol. The number of ketones is 1. The van der Waals surface area contributed by atoms with Crippen molar-refractivity contribution in [3.63, 3.8) is 0 Å². The fraction of sp³-hybridized carbons (Fsp3) is 0.750. The molecule has 1 atom stereocenters. The molecule has 1 heterocycles. The highest BCUT2D eigenvalue weighted by molar-refractivity contribution is 5.88. The van der Waals surface area contributed by atoms with Crippen LogP contribution in [0.2, 0.25) is 0 Å². The van der Waals surface area contributed by atoms with Crippen LogP contribution < -0.4 is 22.3 Å². The van der Waals surface area contributed by atoms with Crippen LogP contribution in [0.3, 0.4) is 0 Å². The number of nitrogens with one attached hydrogen (secondary N) is 1. The molecular weight excluding hydrogens is 364 g/mol. The van der Waals surface area contributed by atoms with Crippen LogP contribution in [0.5, 0.6) is 0 Å². The maximum atomic E-state index is 13.2. The molecule has 3 aliphatic rings. The molecule has 0 bridgehead atoms. The summed E-state index contributed by atoms with van der Waals surface area (Å²) >= 11 is 0. The van der Waals surface area contributed by atoms with Gasteiger partial charge in [0.05, 0.1) is 24.5 Å². The van der Waals surface area contributed by atoms with E-state index < -0.39 is 0 Å². The fourth-order valence-electron chi connectivity index (χ4n) is 4.62. The maximum absolute atomic E-state index is 13.2. The Bertz CT molecular complexity index is 502. The molecule has 1 saturated heterocycles. The van der Waals surface area contributed by atoms with E-state index in [0.717, 1.165) is 43.6 Å². The Morgan fingerprint density at radius 3 is 2.50 bits per heavy atom. The molecular formula is C20H33BrN2O. The van der Waals surface area contributed by atoms with Crippen LogP contribution in [0, 0.1) is 5.41 Å². The molecule has 1 aliphatic heterocycles.